The molecule has 1 atom stereocenters. The fraction of sp³-hybridized carbons (Fsp3) is 0.571. The van der Waals surface area contributed by atoms with Crippen molar-refractivity contribution in [3.05, 3.63) is 59.7 Å². The molecule has 0 radical (unpaired) electrons. The molecule has 0 aliphatic heterocycles. The highest BCUT2D eigenvalue weighted by Gasteiger charge is 2.35. The van der Waals surface area contributed by atoms with Crippen LogP contribution in [0.2, 0.25) is 0 Å². The third-order valence-corrected chi connectivity index (χ3v) is 6.93. The van der Waals surface area contributed by atoms with Crippen molar-refractivity contribution >= 4 is 0 Å². The Morgan fingerprint density at radius 2 is 1.35 bits per heavy atom. The Hall–Kier alpha value is -1.77. The summed E-state index contributed by atoms with van der Waals surface area (Å²) in [6.07, 6.45) is 11.2. The second-order valence-electron chi connectivity index (χ2n) is 9.48. The van der Waals surface area contributed by atoms with Gasteiger partial charge in [-0.2, -0.15) is 0 Å². The molecule has 170 valence electrons. The van der Waals surface area contributed by atoms with Crippen molar-refractivity contribution in [2.24, 2.45) is 5.92 Å². The lowest BCUT2D eigenvalue weighted by molar-refractivity contribution is -0.0566. The van der Waals surface area contributed by atoms with Crippen LogP contribution in [0.5, 0.6) is 0 Å². The average Bonchev–Trinajstić information content (AvgIpc) is 2.78. The van der Waals surface area contributed by atoms with Gasteiger partial charge in [-0.3, -0.25) is 0 Å². The van der Waals surface area contributed by atoms with Gasteiger partial charge in [0, 0.05) is 6.92 Å². The molecule has 1 fully saturated rings. The molecule has 2 aromatic carbocycles. The van der Waals surface area contributed by atoms with E-state index in [0.29, 0.717) is 12.8 Å². The molecule has 0 amide bonds. The molecular weight excluding hydrogens is 393 g/mol. The van der Waals surface area contributed by atoms with Crippen LogP contribution in [0.3, 0.4) is 0 Å². The van der Waals surface area contributed by atoms with E-state index in [1.54, 1.807) is 12.1 Å². The molecule has 0 nitrogen and oxygen atoms in total. The molecule has 0 heterocycles. The molecule has 1 aliphatic rings. The Balaban J connectivity index is 1.51. The van der Waals surface area contributed by atoms with Gasteiger partial charge in [0.25, 0.3) is 5.92 Å². The van der Waals surface area contributed by atoms with Gasteiger partial charge >= 0.3 is 0 Å². The van der Waals surface area contributed by atoms with Gasteiger partial charge < -0.3 is 0 Å². The number of rotatable bonds is 10. The van der Waals surface area contributed by atoms with Gasteiger partial charge in [-0.25, -0.2) is 13.2 Å². The molecule has 0 saturated heterocycles. The number of halogens is 3. The average molecular weight is 431 g/mol. The van der Waals surface area contributed by atoms with E-state index >= 15 is 0 Å². The van der Waals surface area contributed by atoms with Gasteiger partial charge in [0.2, 0.25) is 0 Å². The number of hydrogen-bond donors (Lipinski definition) is 0. The molecule has 3 heteroatoms. The normalized spacial score (nSPS) is 20.5. The van der Waals surface area contributed by atoms with Crippen molar-refractivity contribution in [3.63, 3.8) is 0 Å². The fourth-order valence-electron chi connectivity index (χ4n) is 4.91. The zero-order valence-electron chi connectivity index (χ0n) is 19.1. The van der Waals surface area contributed by atoms with Crippen LogP contribution in [-0.4, -0.2) is 5.92 Å². The van der Waals surface area contributed by atoms with Crippen LogP contribution in [0.15, 0.2) is 48.5 Å². The molecule has 3 rings (SSSR count). The van der Waals surface area contributed by atoms with E-state index in [2.05, 4.69) is 31.2 Å². The van der Waals surface area contributed by atoms with Gasteiger partial charge in [0.1, 0.15) is 0 Å². The quantitative estimate of drug-likeness (QED) is 0.329. The van der Waals surface area contributed by atoms with Gasteiger partial charge in [0.05, 0.1) is 0 Å². The van der Waals surface area contributed by atoms with Crippen LogP contribution in [0.25, 0.3) is 11.1 Å². The van der Waals surface area contributed by atoms with Crippen LogP contribution >= 0.6 is 0 Å². The lowest BCUT2D eigenvalue weighted by Gasteiger charge is -2.29. The Kier molecular flexibility index (Phi) is 8.63. The minimum atomic E-state index is -3.36. The highest BCUT2D eigenvalue weighted by Crippen LogP contribution is 2.39. The molecule has 1 saturated carbocycles. The van der Waals surface area contributed by atoms with Crippen molar-refractivity contribution in [2.75, 3.05) is 0 Å². The number of alkyl halides is 3. The van der Waals surface area contributed by atoms with Gasteiger partial charge in [-0.05, 0) is 59.8 Å². The van der Waals surface area contributed by atoms with Crippen molar-refractivity contribution in [1.82, 2.24) is 0 Å². The highest BCUT2D eigenvalue weighted by atomic mass is 19.3. The predicted octanol–water partition coefficient (Wildman–Crippen LogP) is 9.65. The molecule has 0 bridgehead atoms. The van der Waals surface area contributed by atoms with E-state index in [9.17, 15) is 13.2 Å². The van der Waals surface area contributed by atoms with Crippen molar-refractivity contribution in [1.29, 1.82) is 0 Å². The monoisotopic (exact) mass is 430 g/mol. The Bertz CT molecular complexity index is 765. The second-order valence-corrected chi connectivity index (χ2v) is 9.48. The second kappa shape index (κ2) is 11.2. The molecular formula is C28H37F3. The summed E-state index contributed by atoms with van der Waals surface area (Å²) in [5.41, 5.74) is 3.38. The van der Waals surface area contributed by atoms with Crippen LogP contribution in [0.1, 0.15) is 101 Å². The lowest BCUT2D eigenvalue weighted by atomic mass is 9.77. The molecule has 2 aromatic rings. The van der Waals surface area contributed by atoms with Crippen molar-refractivity contribution in [3.8, 4) is 11.1 Å². The van der Waals surface area contributed by atoms with E-state index in [0.717, 1.165) is 17.0 Å². The summed E-state index contributed by atoms with van der Waals surface area (Å²) in [7, 11) is 0. The zero-order valence-corrected chi connectivity index (χ0v) is 19.1. The summed E-state index contributed by atoms with van der Waals surface area (Å²) in [6.45, 7) is 2.88. The smallest absolute Gasteiger partial charge is 0.236 e. The zero-order chi connectivity index (χ0) is 22.3. The van der Waals surface area contributed by atoms with E-state index < -0.39 is 12.1 Å². The molecule has 1 unspecified atom stereocenters. The van der Waals surface area contributed by atoms with Crippen LogP contribution in [0, 0.1) is 5.92 Å². The first-order valence-electron chi connectivity index (χ1n) is 12.1. The summed E-state index contributed by atoms with van der Waals surface area (Å²) >= 11 is 0. The van der Waals surface area contributed by atoms with E-state index in [1.807, 2.05) is 0 Å². The van der Waals surface area contributed by atoms with Crippen LogP contribution in [0.4, 0.5) is 13.2 Å². The first kappa shape index (κ1) is 23.9. The predicted molar refractivity (Wildman–Crippen MR) is 124 cm³/mol. The Labute approximate surface area is 186 Å². The maximum atomic E-state index is 13.8. The topological polar surface area (TPSA) is 0 Å². The maximum Gasteiger partial charge on any atom is 0.280 e. The van der Waals surface area contributed by atoms with Crippen molar-refractivity contribution < 1.29 is 13.2 Å². The van der Waals surface area contributed by atoms with Crippen molar-refractivity contribution in [2.45, 2.75) is 96.1 Å². The first-order chi connectivity index (χ1) is 14.9. The first-order valence-corrected chi connectivity index (χ1v) is 12.1. The third kappa shape index (κ3) is 6.85. The molecule has 0 N–H and O–H groups in total. The molecule has 31 heavy (non-hydrogen) atoms. The van der Waals surface area contributed by atoms with Gasteiger partial charge in [0.15, 0.2) is 6.17 Å². The van der Waals surface area contributed by atoms with Crippen LogP contribution in [-0.2, 0) is 0 Å². The lowest BCUT2D eigenvalue weighted by Crippen LogP contribution is -2.18. The SMILES string of the molecule is CCCCCCC[C@H]1CC[C@H](c2ccc(-c3ccc(C(F)C(C)(F)F)cc3)cc2)CC1. The summed E-state index contributed by atoms with van der Waals surface area (Å²) in [4.78, 5) is 0. The summed E-state index contributed by atoms with van der Waals surface area (Å²) in [6, 6.07) is 15.0. The molecule has 0 spiro atoms. The summed E-state index contributed by atoms with van der Waals surface area (Å²) in [5, 5.41) is 0. The van der Waals surface area contributed by atoms with E-state index in [-0.39, 0.29) is 5.56 Å². The highest BCUT2D eigenvalue weighted by molar-refractivity contribution is 5.64. The standard InChI is InChI=1S/C28H37F3/c1-3-4-5-6-7-8-21-9-11-22(12-10-21)23-13-15-24(16-14-23)25-17-19-26(20-18-25)27(29)28(2,30)31/h13-22,27H,3-12H2,1-2H3/t21-,22-,27?. The van der Waals surface area contributed by atoms with E-state index in [1.165, 1.54) is 81.9 Å². The van der Waals surface area contributed by atoms with Gasteiger partial charge in [-0.15, -0.1) is 0 Å². The van der Waals surface area contributed by atoms with Crippen LogP contribution < -0.4 is 0 Å². The largest absolute Gasteiger partial charge is 0.280 e. The number of unbranched alkanes of at least 4 members (excludes halogenated alkanes) is 4. The Morgan fingerprint density at radius 1 is 0.806 bits per heavy atom. The Morgan fingerprint density at radius 3 is 1.90 bits per heavy atom. The van der Waals surface area contributed by atoms with Gasteiger partial charge in [-0.1, -0.05) is 94.0 Å². The minimum absolute atomic E-state index is 0.0231. The minimum Gasteiger partial charge on any atom is -0.236 e. The number of hydrogen-bond acceptors (Lipinski definition) is 0. The third-order valence-electron chi connectivity index (χ3n) is 6.93. The number of benzene rings is 2. The summed E-state index contributed by atoms with van der Waals surface area (Å²) < 4.78 is 40.2. The van der Waals surface area contributed by atoms with E-state index in [4.69, 9.17) is 0 Å². The molecule has 0 aromatic heterocycles. The maximum absolute atomic E-state index is 13.8. The fourth-order valence-corrected chi connectivity index (χ4v) is 4.91. The molecule has 1 aliphatic carbocycles. The summed E-state index contributed by atoms with van der Waals surface area (Å²) in [5.74, 6) is -1.81.